The molecule has 6 nitrogen and oxygen atoms in total. The van der Waals surface area contributed by atoms with Crippen LogP contribution in [0.1, 0.15) is 46.2 Å². The van der Waals surface area contributed by atoms with Gasteiger partial charge in [-0.05, 0) is 49.6 Å². The summed E-state index contributed by atoms with van der Waals surface area (Å²) in [5, 5.41) is 1.04. The van der Waals surface area contributed by atoms with Gasteiger partial charge in [0, 0.05) is 48.9 Å². The number of anilines is 1. The lowest BCUT2D eigenvalue weighted by Gasteiger charge is -2.33. The van der Waals surface area contributed by atoms with Crippen molar-refractivity contribution in [3.8, 4) is 0 Å². The van der Waals surface area contributed by atoms with Gasteiger partial charge in [-0.1, -0.05) is 30.3 Å². The zero-order valence-electron chi connectivity index (χ0n) is 18.2. The van der Waals surface area contributed by atoms with Gasteiger partial charge < -0.3 is 15.2 Å². The number of likely N-dealkylation sites (tertiary alicyclic amines) is 1. The molecule has 1 amide bonds. The van der Waals surface area contributed by atoms with E-state index in [2.05, 4.69) is 15.6 Å². The molecule has 0 bridgehead atoms. The maximum Gasteiger partial charge on any atom is 0.253 e. The fraction of sp³-hybridized carbons (Fsp3) is 0.269. The number of carbonyl (C=O) groups excluding carboxylic acids is 1. The molecule has 1 aliphatic rings. The monoisotopic (exact) mass is 425 g/mol. The van der Waals surface area contributed by atoms with Gasteiger partial charge in [0.15, 0.2) is 0 Å². The smallest absolute Gasteiger partial charge is 0.253 e. The predicted molar refractivity (Wildman–Crippen MR) is 127 cm³/mol. The number of nitrogen functional groups attached to an aromatic ring is 1. The molecular formula is C26H27N5O. The van der Waals surface area contributed by atoms with Gasteiger partial charge in [0.25, 0.3) is 5.91 Å². The number of aromatic nitrogens is 3. The number of nitrogens with two attached hydrogens (primary N) is 1. The van der Waals surface area contributed by atoms with E-state index in [0.717, 1.165) is 52.9 Å². The number of carbonyl (C=O) groups is 1. The number of fused-ring (bicyclic) bond motifs is 1. The second kappa shape index (κ2) is 8.46. The Bertz CT molecular complexity index is 1280. The summed E-state index contributed by atoms with van der Waals surface area (Å²) in [4.78, 5) is 24.4. The molecule has 2 N–H and O–H groups in total. The van der Waals surface area contributed by atoms with Crippen molar-refractivity contribution in [3.63, 3.8) is 0 Å². The van der Waals surface area contributed by atoms with Crippen LogP contribution >= 0.6 is 0 Å². The number of aryl methyl sites for hydroxylation is 1. The van der Waals surface area contributed by atoms with Crippen LogP contribution in [-0.2, 0) is 6.54 Å². The summed E-state index contributed by atoms with van der Waals surface area (Å²) in [6.07, 6.45) is 5.68. The van der Waals surface area contributed by atoms with Gasteiger partial charge in [0.2, 0.25) is 0 Å². The molecule has 2 aromatic heterocycles. The third kappa shape index (κ3) is 3.96. The number of piperidine rings is 1. The quantitative estimate of drug-likeness (QED) is 0.526. The summed E-state index contributed by atoms with van der Waals surface area (Å²) in [7, 11) is 0. The van der Waals surface area contributed by atoms with Crippen LogP contribution in [0.15, 0.2) is 67.0 Å². The molecule has 0 spiro atoms. The first kappa shape index (κ1) is 20.2. The molecule has 162 valence electrons. The first-order valence-electron chi connectivity index (χ1n) is 11.1. The Morgan fingerprint density at radius 2 is 2.03 bits per heavy atom. The van der Waals surface area contributed by atoms with Gasteiger partial charge in [-0.25, -0.2) is 4.98 Å². The lowest BCUT2D eigenvalue weighted by molar-refractivity contribution is 0.0706. The highest BCUT2D eigenvalue weighted by Gasteiger charge is 2.28. The van der Waals surface area contributed by atoms with Crippen molar-refractivity contribution in [2.24, 2.45) is 0 Å². The molecule has 1 fully saturated rings. The normalized spacial score (nSPS) is 16.4. The Kier molecular flexibility index (Phi) is 5.35. The van der Waals surface area contributed by atoms with Crippen molar-refractivity contribution in [2.45, 2.75) is 32.2 Å². The number of nitrogens with zero attached hydrogens (tertiary/aromatic N) is 4. The minimum atomic E-state index is 0.0678. The Labute approximate surface area is 187 Å². The summed E-state index contributed by atoms with van der Waals surface area (Å²) < 4.78 is 2.08. The number of benzene rings is 2. The first-order chi connectivity index (χ1) is 15.6. The van der Waals surface area contributed by atoms with Crippen molar-refractivity contribution < 1.29 is 4.79 Å². The number of pyridine rings is 1. The standard InChI is InChI=1S/C26H27N5O/c1-18-28-11-13-30(18)16-19-6-4-8-21(14-19)26(32)31-12-5-9-22(17-31)25-23(27)15-20-7-2-3-10-24(20)29-25/h2-4,6-8,10-11,13-15,22H,5,9,12,16-17,27H2,1H3/t22-/m0/s1. The van der Waals surface area contributed by atoms with E-state index in [9.17, 15) is 4.79 Å². The van der Waals surface area contributed by atoms with E-state index in [-0.39, 0.29) is 11.8 Å². The van der Waals surface area contributed by atoms with E-state index in [0.29, 0.717) is 18.8 Å². The zero-order chi connectivity index (χ0) is 22.1. The van der Waals surface area contributed by atoms with E-state index < -0.39 is 0 Å². The summed E-state index contributed by atoms with van der Waals surface area (Å²) in [6, 6.07) is 17.9. The maximum absolute atomic E-state index is 13.4. The maximum atomic E-state index is 13.4. The van der Waals surface area contributed by atoms with Gasteiger partial charge in [-0.2, -0.15) is 0 Å². The van der Waals surface area contributed by atoms with Crippen LogP contribution in [0.5, 0.6) is 0 Å². The molecule has 0 unspecified atom stereocenters. The Balaban J connectivity index is 1.36. The van der Waals surface area contributed by atoms with E-state index in [4.69, 9.17) is 10.7 Å². The van der Waals surface area contributed by atoms with E-state index in [1.807, 2.05) is 66.6 Å². The predicted octanol–water partition coefficient (Wildman–Crippen LogP) is 4.39. The second-order valence-corrected chi connectivity index (χ2v) is 8.55. The van der Waals surface area contributed by atoms with Crippen LogP contribution in [0.2, 0.25) is 0 Å². The SMILES string of the molecule is Cc1nccn1Cc1cccc(C(=O)N2CCC[C@H](c3nc4ccccc4cc3N)C2)c1. The molecule has 2 aromatic carbocycles. The van der Waals surface area contributed by atoms with E-state index >= 15 is 0 Å². The summed E-state index contributed by atoms with van der Waals surface area (Å²) >= 11 is 0. The van der Waals surface area contributed by atoms with Crippen molar-refractivity contribution >= 4 is 22.5 Å². The summed E-state index contributed by atoms with van der Waals surface area (Å²) in [6.45, 7) is 4.08. The minimum Gasteiger partial charge on any atom is -0.397 e. The average molecular weight is 426 g/mol. The summed E-state index contributed by atoms with van der Waals surface area (Å²) in [5.41, 5.74) is 10.7. The molecule has 4 aromatic rings. The van der Waals surface area contributed by atoms with Gasteiger partial charge in [-0.15, -0.1) is 0 Å². The topological polar surface area (TPSA) is 77.0 Å². The molecule has 1 aliphatic heterocycles. The lowest BCUT2D eigenvalue weighted by Crippen LogP contribution is -2.39. The number of amides is 1. The molecular weight excluding hydrogens is 398 g/mol. The highest BCUT2D eigenvalue weighted by atomic mass is 16.2. The van der Waals surface area contributed by atoms with Gasteiger partial charge in [0.05, 0.1) is 16.9 Å². The zero-order valence-corrected chi connectivity index (χ0v) is 18.2. The van der Waals surface area contributed by atoms with Gasteiger partial charge in [0.1, 0.15) is 5.82 Å². The Hall–Kier alpha value is -3.67. The third-order valence-electron chi connectivity index (χ3n) is 6.33. The van der Waals surface area contributed by atoms with Crippen LogP contribution in [0.3, 0.4) is 0 Å². The molecule has 0 saturated carbocycles. The molecule has 6 heteroatoms. The molecule has 5 rings (SSSR count). The molecule has 1 saturated heterocycles. The van der Waals surface area contributed by atoms with Gasteiger partial charge in [-0.3, -0.25) is 9.78 Å². The average Bonchev–Trinajstić information content (AvgIpc) is 3.22. The number of hydrogen-bond donors (Lipinski definition) is 1. The molecule has 3 heterocycles. The van der Waals surface area contributed by atoms with Crippen LogP contribution in [-0.4, -0.2) is 38.4 Å². The minimum absolute atomic E-state index is 0.0678. The number of imidazole rings is 1. The van der Waals surface area contributed by atoms with Crippen LogP contribution in [0.25, 0.3) is 10.9 Å². The molecule has 0 radical (unpaired) electrons. The highest BCUT2D eigenvalue weighted by molar-refractivity contribution is 5.94. The van der Waals surface area contributed by atoms with Crippen molar-refractivity contribution in [1.82, 2.24) is 19.4 Å². The number of hydrogen-bond acceptors (Lipinski definition) is 4. The first-order valence-corrected chi connectivity index (χ1v) is 11.1. The fourth-order valence-electron chi connectivity index (χ4n) is 4.61. The van der Waals surface area contributed by atoms with Crippen LogP contribution in [0.4, 0.5) is 5.69 Å². The van der Waals surface area contributed by atoms with E-state index in [1.165, 1.54) is 0 Å². The van der Waals surface area contributed by atoms with Gasteiger partial charge >= 0.3 is 0 Å². The fourth-order valence-corrected chi connectivity index (χ4v) is 4.61. The Morgan fingerprint density at radius 1 is 1.16 bits per heavy atom. The largest absolute Gasteiger partial charge is 0.397 e. The van der Waals surface area contributed by atoms with Crippen molar-refractivity contribution in [1.29, 1.82) is 0 Å². The second-order valence-electron chi connectivity index (χ2n) is 8.55. The number of para-hydroxylation sites is 1. The molecule has 1 atom stereocenters. The summed E-state index contributed by atoms with van der Waals surface area (Å²) in [5.74, 6) is 1.17. The number of rotatable bonds is 4. The molecule has 0 aliphatic carbocycles. The lowest BCUT2D eigenvalue weighted by atomic mass is 9.92. The van der Waals surface area contributed by atoms with Crippen molar-refractivity contribution in [2.75, 3.05) is 18.8 Å². The third-order valence-corrected chi connectivity index (χ3v) is 6.33. The Morgan fingerprint density at radius 3 is 2.88 bits per heavy atom. The molecule has 32 heavy (non-hydrogen) atoms. The highest BCUT2D eigenvalue weighted by Crippen LogP contribution is 2.32. The van der Waals surface area contributed by atoms with Crippen molar-refractivity contribution in [3.05, 3.63) is 89.6 Å². The van der Waals surface area contributed by atoms with Crippen LogP contribution < -0.4 is 5.73 Å². The van der Waals surface area contributed by atoms with Crippen LogP contribution in [0, 0.1) is 6.92 Å². The van der Waals surface area contributed by atoms with E-state index in [1.54, 1.807) is 6.20 Å².